The Bertz CT molecular complexity index is 1410. The van der Waals surface area contributed by atoms with Gasteiger partial charge < -0.3 is 4.74 Å². The third kappa shape index (κ3) is 5.15. The van der Waals surface area contributed by atoms with E-state index in [9.17, 15) is 19.6 Å². The summed E-state index contributed by atoms with van der Waals surface area (Å²) in [5.41, 5.74) is 1.41. The number of hydrogen-bond donors (Lipinski definition) is 1. The fourth-order valence-electron chi connectivity index (χ4n) is 3.35. The number of anilines is 1. The van der Waals surface area contributed by atoms with E-state index in [-0.39, 0.29) is 33.7 Å². The van der Waals surface area contributed by atoms with Gasteiger partial charge in [-0.3, -0.25) is 14.9 Å². The molecule has 3 aromatic carbocycles. The Balaban J connectivity index is 1.61. The van der Waals surface area contributed by atoms with Crippen LogP contribution in [0, 0.1) is 11.3 Å². The first kappa shape index (κ1) is 24.3. The van der Waals surface area contributed by atoms with Crippen molar-refractivity contribution in [2.24, 2.45) is 0 Å². The number of nitriles is 1. The fraction of sp³-hybridized carbons (Fsp3) is 0.0400. The van der Waals surface area contributed by atoms with Gasteiger partial charge in [-0.2, -0.15) is 5.26 Å². The second-order valence-electron chi connectivity index (χ2n) is 7.31. The van der Waals surface area contributed by atoms with Gasteiger partial charge in [0.2, 0.25) is 0 Å². The molecule has 1 N–H and O–H groups in total. The molecule has 1 aliphatic rings. The number of benzene rings is 3. The highest BCUT2D eigenvalue weighted by molar-refractivity contribution is 6.40. The van der Waals surface area contributed by atoms with E-state index in [1.807, 2.05) is 0 Å². The normalized spacial score (nSPS) is 14.6. The molecular formula is C25H14Cl3N3O4. The zero-order valence-corrected chi connectivity index (χ0v) is 20.0. The van der Waals surface area contributed by atoms with Gasteiger partial charge in [-0.1, -0.05) is 53.0 Å². The summed E-state index contributed by atoms with van der Waals surface area (Å²) in [6.07, 6.45) is 1.28. The molecule has 4 rings (SSSR count). The molecule has 0 radical (unpaired) electrons. The minimum absolute atomic E-state index is 0.0582. The summed E-state index contributed by atoms with van der Waals surface area (Å²) < 4.78 is 5.74. The molecule has 3 aromatic rings. The summed E-state index contributed by atoms with van der Waals surface area (Å²) in [5, 5.41) is 12.1. The third-order valence-corrected chi connectivity index (χ3v) is 5.84. The zero-order valence-electron chi connectivity index (χ0n) is 17.7. The number of nitrogens with zero attached hydrogens (tertiary/aromatic N) is 2. The Morgan fingerprint density at radius 3 is 2.29 bits per heavy atom. The van der Waals surface area contributed by atoms with Crippen LogP contribution in [0.3, 0.4) is 0 Å². The van der Waals surface area contributed by atoms with Gasteiger partial charge >= 0.3 is 6.03 Å². The zero-order chi connectivity index (χ0) is 25.1. The summed E-state index contributed by atoms with van der Waals surface area (Å²) in [4.78, 5) is 38.6. The van der Waals surface area contributed by atoms with E-state index >= 15 is 0 Å². The lowest BCUT2D eigenvalue weighted by atomic mass is 10.1. The molecule has 0 aromatic heterocycles. The third-order valence-electron chi connectivity index (χ3n) is 5.03. The van der Waals surface area contributed by atoms with Gasteiger partial charge in [0.15, 0.2) is 5.75 Å². The van der Waals surface area contributed by atoms with Crippen LogP contribution in [0.1, 0.15) is 16.7 Å². The van der Waals surface area contributed by atoms with Gasteiger partial charge in [0.1, 0.15) is 12.2 Å². The predicted octanol–water partition coefficient (Wildman–Crippen LogP) is 5.76. The minimum Gasteiger partial charge on any atom is -0.486 e. The number of carbonyl (C=O) groups excluding carboxylic acids is 3. The van der Waals surface area contributed by atoms with Crippen LogP contribution in [0.2, 0.25) is 15.1 Å². The molecular weight excluding hydrogens is 513 g/mol. The number of amides is 4. The van der Waals surface area contributed by atoms with Crippen LogP contribution in [0.25, 0.3) is 6.08 Å². The van der Waals surface area contributed by atoms with Crippen LogP contribution in [0.15, 0.2) is 66.2 Å². The molecule has 1 aliphatic heterocycles. The van der Waals surface area contributed by atoms with Crippen LogP contribution in [0.4, 0.5) is 10.5 Å². The predicted molar refractivity (Wildman–Crippen MR) is 132 cm³/mol. The van der Waals surface area contributed by atoms with Gasteiger partial charge in [-0.25, -0.2) is 9.69 Å². The Kier molecular flexibility index (Phi) is 7.08. The van der Waals surface area contributed by atoms with E-state index in [1.165, 1.54) is 42.5 Å². The maximum Gasteiger partial charge on any atom is 0.335 e. The van der Waals surface area contributed by atoms with Crippen molar-refractivity contribution in [3.8, 4) is 11.8 Å². The Morgan fingerprint density at radius 2 is 1.63 bits per heavy atom. The lowest BCUT2D eigenvalue weighted by Gasteiger charge is -2.26. The molecule has 0 atom stereocenters. The fourth-order valence-corrected chi connectivity index (χ4v) is 4.09. The van der Waals surface area contributed by atoms with E-state index in [4.69, 9.17) is 39.5 Å². The maximum atomic E-state index is 13.0. The number of ether oxygens (including phenoxy) is 1. The van der Waals surface area contributed by atoms with Crippen LogP contribution < -0.4 is 15.0 Å². The van der Waals surface area contributed by atoms with Crippen molar-refractivity contribution in [2.75, 3.05) is 4.90 Å². The first-order chi connectivity index (χ1) is 16.8. The van der Waals surface area contributed by atoms with Crippen molar-refractivity contribution in [1.29, 1.82) is 5.26 Å². The molecule has 0 unspecified atom stereocenters. The van der Waals surface area contributed by atoms with Crippen LogP contribution in [-0.4, -0.2) is 17.8 Å². The number of hydrogen-bond acceptors (Lipinski definition) is 5. The van der Waals surface area contributed by atoms with E-state index in [0.29, 0.717) is 21.7 Å². The molecule has 1 heterocycles. The summed E-state index contributed by atoms with van der Waals surface area (Å²) in [7, 11) is 0. The Hall–Kier alpha value is -3.83. The molecule has 174 valence electrons. The average Bonchev–Trinajstić information content (AvgIpc) is 2.82. The van der Waals surface area contributed by atoms with Crippen molar-refractivity contribution in [2.45, 2.75) is 6.61 Å². The number of barbiturate groups is 1. The first-order valence-electron chi connectivity index (χ1n) is 10.1. The Labute approximate surface area is 215 Å². The topological polar surface area (TPSA) is 99.5 Å². The minimum atomic E-state index is -0.878. The quantitative estimate of drug-likeness (QED) is 0.336. The van der Waals surface area contributed by atoms with Crippen molar-refractivity contribution in [1.82, 2.24) is 5.32 Å². The average molecular weight is 527 g/mol. The van der Waals surface area contributed by atoms with Crippen molar-refractivity contribution in [3.05, 3.63) is 98.0 Å². The highest BCUT2D eigenvalue weighted by Gasteiger charge is 2.36. The maximum absolute atomic E-state index is 13.0. The molecule has 7 nitrogen and oxygen atoms in total. The number of imide groups is 2. The highest BCUT2D eigenvalue weighted by Crippen LogP contribution is 2.36. The van der Waals surface area contributed by atoms with Gasteiger partial charge in [-0.15, -0.1) is 0 Å². The van der Waals surface area contributed by atoms with Crippen LogP contribution >= 0.6 is 34.8 Å². The molecule has 35 heavy (non-hydrogen) atoms. The molecule has 1 fully saturated rings. The smallest absolute Gasteiger partial charge is 0.335 e. The Morgan fingerprint density at radius 1 is 0.971 bits per heavy atom. The van der Waals surface area contributed by atoms with Gasteiger partial charge in [-0.05, 0) is 54.1 Å². The standard InChI is InChI=1S/C25H14Cl3N3O4/c26-17-5-7-18(8-6-17)31-24(33)19(23(32)30-25(31)34)9-14-10-20(27)22(21(28)11-14)35-13-16-4-2-1-3-15(16)12-29/h1-11H,13H2,(H,30,32,34)/b19-9+. The molecule has 4 amide bonds. The molecule has 0 saturated carbocycles. The van der Waals surface area contributed by atoms with Gasteiger partial charge in [0, 0.05) is 10.6 Å². The summed E-state index contributed by atoms with van der Waals surface area (Å²) >= 11 is 18.6. The number of halogens is 3. The molecule has 0 spiro atoms. The lowest BCUT2D eigenvalue weighted by molar-refractivity contribution is -0.122. The molecule has 0 bridgehead atoms. The van der Waals surface area contributed by atoms with E-state index < -0.39 is 17.8 Å². The summed E-state index contributed by atoms with van der Waals surface area (Å²) in [6, 6.07) is 17.1. The number of nitrogens with one attached hydrogen (secondary N) is 1. The van der Waals surface area contributed by atoms with Gasteiger partial charge in [0.05, 0.1) is 27.4 Å². The van der Waals surface area contributed by atoms with Crippen molar-refractivity contribution in [3.63, 3.8) is 0 Å². The molecule has 10 heteroatoms. The van der Waals surface area contributed by atoms with Crippen LogP contribution in [0.5, 0.6) is 5.75 Å². The molecule has 1 saturated heterocycles. The first-order valence-corrected chi connectivity index (χ1v) is 11.2. The number of rotatable bonds is 5. The second kappa shape index (κ2) is 10.2. The van der Waals surface area contributed by atoms with Gasteiger partial charge in [0.25, 0.3) is 11.8 Å². The number of carbonyl (C=O) groups is 3. The number of urea groups is 1. The largest absolute Gasteiger partial charge is 0.486 e. The second-order valence-corrected chi connectivity index (χ2v) is 8.56. The van der Waals surface area contributed by atoms with E-state index in [2.05, 4.69) is 11.4 Å². The SMILES string of the molecule is N#Cc1ccccc1COc1c(Cl)cc(/C=C2\C(=O)NC(=O)N(c3ccc(Cl)cc3)C2=O)cc1Cl. The van der Waals surface area contributed by atoms with Crippen LogP contribution in [-0.2, 0) is 16.2 Å². The summed E-state index contributed by atoms with van der Waals surface area (Å²) in [5.74, 6) is -1.49. The van der Waals surface area contributed by atoms with E-state index in [0.717, 1.165) is 4.90 Å². The monoisotopic (exact) mass is 525 g/mol. The summed E-state index contributed by atoms with van der Waals surface area (Å²) in [6.45, 7) is 0.0582. The molecule has 0 aliphatic carbocycles. The lowest BCUT2D eigenvalue weighted by Crippen LogP contribution is -2.54. The van der Waals surface area contributed by atoms with Crippen molar-refractivity contribution >= 4 is 64.4 Å². The van der Waals surface area contributed by atoms with E-state index in [1.54, 1.807) is 24.3 Å². The van der Waals surface area contributed by atoms with Crippen molar-refractivity contribution < 1.29 is 19.1 Å². The highest BCUT2D eigenvalue weighted by atomic mass is 35.5.